The topological polar surface area (TPSA) is 73.1 Å². The Labute approximate surface area is 118 Å². The number of hydrogen-bond acceptors (Lipinski definition) is 7. The number of hydrogen-bond donors (Lipinski definition) is 2. The van der Waals surface area contributed by atoms with Crippen LogP contribution in [0.15, 0.2) is 29.0 Å². The van der Waals surface area contributed by atoms with E-state index in [1.807, 2.05) is 29.0 Å². The molecule has 98 valence electrons. The molecule has 0 aliphatic rings. The number of hydrazine groups is 1. The smallest absolute Gasteiger partial charge is 0.158 e. The van der Waals surface area contributed by atoms with Gasteiger partial charge in [-0.15, -0.1) is 22.7 Å². The van der Waals surface area contributed by atoms with Crippen molar-refractivity contribution in [2.45, 2.75) is 13.2 Å². The molecule has 3 N–H and O–H groups in total. The molecule has 0 radical (unpaired) electrons. The zero-order chi connectivity index (χ0) is 13.1. The van der Waals surface area contributed by atoms with Gasteiger partial charge in [0, 0.05) is 4.88 Å². The maximum absolute atomic E-state index is 5.61. The molecule has 0 spiro atoms. The highest BCUT2D eigenvalue weighted by Crippen LogP contribution is 2.24. The fourth-order valence-electron chi connectivity index (χ4n) is 1.71. The minimum atomic E-state index is 0.375. The van der Waals surface area contributed by atoms with E-state index in [-0.39, 0.29) is 0 Å². The number of nitrogens with two attached hydrogens (primary N) is 1. The van der Waals surface area contributed by atoms with E-state index in [0.29, 0.717) is 24.9 Å². The van der Waals surface area contributed by atoms with Gasteiger partial charge in [-0.05, 0) is 22.9 Å². The minimum absolute atomic E-state index is 0.375. The van der Waals surface area contributed by atoms with E-state index in [1.165, 1.54) is 4.88 Å². The molecule has 0 aliphatic heterocycles. The largest absolute Gasteiger partial charge is 0.368 e. The van der Waals surface area contributed by atoms with Crippen molar-refractivity contribution in [3.05, 3.63) is 39.7 Å². The Balaban J connectivity index is 1.73. The summed E-state index contributed by atoms with van der Waals surface area (Å²) in [5, 5.41) is 4.94. The van der Waals surface area contributed by atoms with E-state index < -0.39 is 0 Å². The van der Waals surface area contributed by atoms with E-state index in [1.54, 1.807) is 22.7 Å². The van der Waals surface area contributed by atoms with Gasteiger partial charge in [-0.25, -0.2) is 15.8 Å². The Bertz CT molecular complexity index is 665. The first-order valence-electron chi connectivity index (χ1n) is 5.67. The van der Waals surface area contributed by atoms with Gasteiger partial charge in [0.15, 0.2) is 11.6 Å². The first-order chi connectivity index (χ1) is 9.36. The highest BCUT2D eigenvalue weighted by Gasteiger charge is 2.08. The summed E-state index contributed by atoms with van der Waals surface area (Å²) < 4.78 is 5.61. The molecule has 0 saturated heterocycles. The summed E-state index contributed by atoms with van der Waals surface area (Å²) in [5.74, 6) is 6.75. The van der Waals surface area contributed by atoms with Crippen molar-refractivity contribution in [3.63, 3.8) is 0 Å². The van der Waals surface area contributed by atoms with Crippen molar-refractivity contribution in [1.82, 2.24) is 9.97 Å². The number of nitrogens with one attached hydrogen (secondary N) is 1. The van der Waals surface area contributed by atoms with E-state index >= 15 is 0 Å². The number of anilines is 1. The lowest BCUT2D eigenvalue weighted by atomic mass is 10.4. The highest BCUT2D eigenvalue weighted by molar-refractivity contribution is 7.16. The molecule has 3 aromatic rings. The number of rotatable bonds is 5. The van der Waals surface area contributed by atoms with Gasteiger partial charge in [0.05, 0.1) is 12.0 Å². The van der Waals surface area contributed by atoms with Gasteiger partial charge in [-0.1, -0.05) is 6.07 Å². The van der Waals surface area contributed by atoms with Crippen LogP contribution in [0.5, 0.6) is 0 Å². The number of nitrogens with zero attached hydrogens (tertiary/aromatic N) is 2. The average molecular weight is 292 g/mol. The molecular formula is C12H12N4OS2. The Kier molecular flexibility index (Phi) is 3.69. The maximum atomic E-state index is 5.61. The molecule has 3 heterocycles. The van der Waals surface area contributed by atoms with Gasteiger partial charge >= 0.3 is 0 Å². The second-order valence-electron chi connectivity index (χ2n) is 3.84. The molecule has 0 amide bonds. The number of aromatic nitrogens is 2. The molecule has 0 aromatic carbocycles. The molecule has 5 nitrogen and oxygen atoms in total. The summed E-state index contributed by atoms with van der Waals surface area (Å²) in [5.41, 5.74) is 2.60. The van der Waals surface area contributed by atoms with Crippen LogP contribution in [0.1, 0.15) is 10.7 Å². The molecular weight excluding hydrogens is 280 g/mol. The van der Waals surface area contributed by atoms with Crippen LogP contribution < -0.4 is 11.3 Å². The number of fused-ring (bicyclic) bond motifs is 1. The van der Waals surface area contributed by atoms with Gasteiger partial charge in [0.25, 0.3) is 0 Å². The zero-order valence-corrected chi connectivity index (χ0v) is 11.6. The van der Waals surface area contributed by atoms with E-state index in [0.717, 1.165) is 10.2 Å². The third-order valence-electron chi connectivity index (χ3n) is 2.56. The third-order valence-corrected chi connectivity index (χ3v) is 4.22. The van der Waals surface area contributed by atoms with Crippen LogP contribution in [-0.4, -0.2) is 9.97 Å². The predicted molar refractivity (Wildman–Crippen MR) is 78.0 cm³/mol. The molecule has 0 fully saturated rings. The molecule has 19 heavy (non-hydrogen) atoms. The van der Waals surface area contributed by atoms with Crippen molar-refractivity contribution in [2.24, 2.45) is 5.84 Å². The van der Waals surface area contributed by atoms with Crippen molar-refractivity contribution >= 4 is 38.7 Å². The van der Waals surface area contributed by atoms with Crippen LogP contribution in [0.3, 0.4) is 0 Å². The lowest BCUT2D eigenvalue weighted by molar-refractivity contribution is 0.104. The Morgan fingerprint density at radius 1 is 1.16 bits per heavy atom. The maximum Gasteiger partial charge on any atom is 0.158 e. The molecule has 0 bridgehead atoms. The normalized spacial score (nSPS) is 11.0. The van der Waals surface area contributed by atoms with E-state index in [2.05, 4.69) is 15.4 Å². The summed E-state index contributed by atoms with van der Waals surface area (Å²) in [4.78, 5) is 10.9. The number of thiophene rings is 2. The van der Waals surface area contributed by atoms with Gasteiger partial charge in [0.2, 0.25) is 0 Å². The lowest BCUT2D eigenvalue weighted by Crippen LogP contribution is -2.11. The SMILES string of the molecule is NNc1nc(COCc2cccs2)nc2sccc12. The van der Waals surface area contributed by atoms with Crippen LogP contribution in [0.25, 0.3) is 10.2 Å². The first-order valence-corrected chi connectivity index (χ1v) is 7.43. The molecule has 0 unspecified atom stereocenters. The molecule has 3 rings (SSSR count). The Hall–Kier alpha value is -1.54. The van der Waals surface area contributed by atoms with Crippen molar-refractivity contribution in [1.29, 1.82) is 0 Å². The second kappa shape index (κ2) is 5.62. The van der Waals surface area contributed by atoms with Crippen LogP contribution in [0.2, 0.25) is 0 Å². The molecule has 0 atom stereocenters. The van der Waals surface area contributed by atoms with Crippen LogP contribution in [0, 0.1) is 0 Å². The first kappa shape index (κ1) is 12.5. The predicted octanol–water partition coefficient (Wildman–Crippen LogP) is 2.76. The van der Waals surface area contributed by atoms with Gasteiger partial charge in [0.1, 0.15) is 11.4 Å². The van der Waals surface area contributed by atoms with Crippen molar-refractivity contribution in [2.75, 3.05) is 5.43 Å². The molecule has 0 aliphatic carbocycles. The summed E-state index contributed by atoms with van der Waals surface area (Å²) in [7, 11) is 0. The number of ether oxygens (including phenoxy) is 1. The summed E-state index contributed by atoms with van der Waals surface area (Å²) in [6.45, 7) is 0.954. The van der Waals surface area contributed by atoms with E-state index in [4.69, 9.17) is 10.6 Å². The Morgan fingerprint density at radius 3 is 2.89 bits per heavy atom. The summed E-state index contributed by atoms with van der Waals surface area (Å²) >= 11 is 3.24. The second-order valence-corrected chi connectivity index (χ2v) is 5.77. The van der Waals surface area contributed by atoms with E-state index in [9.17, 15) is 0 Å². The van der Waals surface area contributed by atoms with Gasteiger partial charge < -0.3 is 10.2 Å². The molecule has 7 heteroatoms. The average Bonchev–Trinajstić information content (AvgIpc) is 3.08. The van der Waals surface area contributed by atoms with Crippen molar-refractivity contribution in [3.8, 4) is 0 Å². The fourth-order valence-corrected chi connectivity index (χ4v) is 3.13. The van der Waals surface area contributed by atoms with Crippen LogP contribution in [0.4, 0.5) is 5.82 Å². The fraction of sp³-hybridized carbons (Fsp3) is 0.167. The third kappa shape index (κ3) is 2.74. The molecule has 0 saturated carbocycles. The monoisotopic (exact) mass is 292 g/mol. The highest BCUT2D eigenvalue weighted by atomic mass is 32.1. The van der Waals surface area contributed by atoms with Crippen LogP contribution >= 0.6 is 22.7 Å². The minimum Gasteiger partial charge on any atom is -0.368 e. The Morgan fingerprint density at radius 2 is 2.11 bits per heavy atom. The summed E-state index contributed by atoms with van der Waals surface area (Å²) in [6, 6.07) is 6.00. The van der Waals surface area contributed by atoms with Crippen LogP contribution in [-0.2, 0) is 18.0 Å². The van der Waals surface area contributed by atoms with Gasteiger partial charge in [-0.3, -0.25) is 0 Å². The molecule has 3 aromatic heterocycles. The quantitative estimate of drug-likeness (QED) is 0.559. The standard InChI is InChI=1S/C12H12N4OS2/c13-16-11-9-3-5-19-12(9)15-10(14-11)7-17-6-8-2-1-4-18-8/h1-5H,6-7,13H2,(H,14,15,16). The van der Waals surface area contributed by atoms with Gasteiger partial charge in [-0.2, -0.15) is 0 Å². The lowest BCUT2D eigenvalue weighted by Gasteiger charge is -2.05. The summed E-state index contributed by atoms with van der Waals surface area (Å²) in [6.07, 6.45) is 0. The zero-order valence-electron chi connectivity index (χ0n) is 10.00. The van der Waals surface area contributed by atoms with Crippen molar-refractivity contribution < 1.29 is 4.74 Å². The number of nitrogen functional groups attached to an aromatic ring is 1.